The SMILES string of the molecule is CC1CNCC1C(=O)Nc1ccc(CN(C)C)cc1. The van der Waals surface area contributed by atoms with Gasteiger partial charge in [-0.2, -0.15) is 0 Å². The van der Waals surface area contributed by atoms with E-state index in [-0.39, 0.29) is 11.8 Å². The number of anilines is 1. The molecule has 2 rings (SSSR count). The van der Waals surface area contributed by atoms with Crippen LogP contribution in [0.25, 0.3) is 0 Å². The molecule has 1 fully saturated rings. The van der Waals surface area contributed by atoms with E-state index in [1.807, 2.05) is 26.2 Å². The molecule has 4 nitrogen and oxygen atoms in total. The summed E-state index contributed by atoms with van der Waals surface area (Å²) in [5.41, 5.74) is 2.13. The number of hydrogen-bond acceptors (Lipinski definition) is 3. The minimum absolute atomic E-state index is 0.0847. The van der Waals surface area contributed by atoms with Crippen LogP contribution in [0.2, 0.25) is 0 Å². The minimum Gasteiger partial charge on any atom is -0.326 e. The summed E-state index contributed by atoms with van der Waals surface area (Å²) in [6, 6.07) is 8.07. The fourth-order valence-corrected chi connectivity index (χ4v) is 2.45. The van der Waals surface area contributed by atoms with Gasteiger partial charge in [-0.25, -0.2) is 0 Å². The first-order valence-electron chi connectivity index (χ1n) is 6.81. The van der Waals surface area contributed by atoms with Crippen molar-refractivity contribution >= 4 is 11.6 Å². The van der Waals surface area contributed by atoms with Crippen molar-refractivity contribution in [1.29, 1.82) is 0 Å². The fourth-order valence-electron chi connectivity index (χ4n) is 2.45. The van der Waals surface area contributed by atoms with Gasteiger partial charge in [0.15, 0.2) is 0 Å². The van der Waals surface area contributed by atoms with Gasteiger partial charge in [-0.05, 0) is 44.3 Å². The lowest BCUT2D eigenvalue weighted by Gasteiger charge is -2.15. The van der Waals surface area contributed by atoms with E-state index in [9.17, 15) is 4.79 Å². The van der Waals surface area contributed by atoms with Crippen LogP contribution in [-0.2, 0) is 11.3 Å². The average molecular weight is 261 g/mol. The third kappa shape index (κ3) is 3.78. The molecule has 19 heavy (non-hydrogen) atoms. The zero-order chi connectivity index (χ0) is 13.8. The lowest BCUT2D eigenvalue weighted by molar-refractivity contribution is -0.120. The molecule has 104 valence electrons. The molecule has 0 aromatic heterocycles. The number of nitrogens with one attached hydrogen (secondary N) is 2. The Hall–Kier alpha value is -1.39. The molecule has 1 amide bonds. The van der Waals surface area contributed by atoms with Gasteiger partial charge < -0.3 is 15.5 Å². The number of amides is 1. The largest absolute Gasteiger partial charge is 0.326 e. The third-order valence-corrected chi connectivity index (χ3v) is 3.57. The number of benzene rings is 1. The van der Waals surface area contributed by atoms with Gasteiger partial charge in [0.25, 0.3) is 0 Å². The quantitative estimate of drug-likeness (QED) is 0.864. The third-order valence-electron chi connectivity index (χ3n) is 3.57. The molecule has 0 bridgehead atoms. The van der Waals surface area contributed by atoms with Crippen LogP contribution in [0.3, 0.4) is 0 Å². The van der Waals surface area contributed by atoms with Crippen LogP contribution >= 0.6 is 0 Å². The highest BCUT2D eigenvalue weighted by molar-refractivity contribution is 5.93. The Bertz CT molecular complexity index is 428. The molecular formula is C15H23N3O. The summed E-state index contributed by atoms with van der Waals surface area (Å²) < 4.78 is 0. The monoisotopic (exact) mass is 261 g/mol. The van der Waals surface area contributed by atoms with Gasteiger partial charge in [-0.3, -0.25) is 4.79 Å². The number of nitrogens with zero attached hydrogens (tertiary/aromatic N) is 1. The number of hydrogen-bond donors (Lipinski definition) is 2. The average Bonchev–Trinajstić information content (AvgIpc) is 2.77. The van der Waals surface area contributed by atoms with Crippen molar-refractivity contribution in [3.63, 3.8) is 0 Å². The molecule has 1 aromatic carbocycles. The van der Waals surface area contributed by atoms with Gasteiger partial charge in [0.1, 0.15) is 0 Å². The van der Waals surface area contributed by atoms with Crippen LogP contribution in [0.5, 0.6) is 0 Å². The zero-order valence-electron chi connectivity index (χ0n) is 11.9. The maximum absolute atomic E-state index is 12.1. The van der Waals surface area contributed by atoms with E-state index < -0.39 is 0 Å². The number of carbonyl (C=O) groups is 1. The van der Waals surface area contributed by atoms with Gasteiger partial charge in [0, 0.05) is 18.8 Å². The zero-order valence-corrected chi connectivity index (χ0v) is 11.9. The summed E-state index contributed by atoms with van der Waals surface area (Å²) in [6.45, 7) is 4.74. The van der Waals surface area contributed by atoms with Gasteiger partial charge >= 0.3 is 0 Å². The number of carbonyl (C=O) groups excluding carboxylic acids is 1. The van der Waals surface area contributed by atoms with Gasteiger partial charge in [-0.1, -0.05) is 19.1 Å². The van der Waals surface area contributed by atoms with Crippen LogP contribution in [0.4, 0.5) is 5.69 Å². The smallest absolute Gasteiger partial charge is 0.229 e. The topological polar surface area (TPSA) is 44.4 Å². The first-order chi connectivity index (χ1) is 9.06. The van der Waals surface area contributed by atoms with E-state index >= 15 is 0 Å². The first kappa shape index (κ1) is 14.0. The first-order valence-corrected chi connectivity index (χ1v) is 6.81. The highest BCUT2D eigenvalue weighted by Gasteiger charge is 2.29. The fraction of sp³-hybridized carbons (Fsp3) is 0.533. The van der Waals surface area contributed by atoms with E-state index in [2.05, 4.69) is 34.6 Å². The maximum Gasteiger partial charge on any atom is 0.229 e. The molecule has 2 unspecified atom stereocenters. The Morgan fingerprint density at radius 1 is 1.32 bits per heavy atom. The maximum atomic E-state index is 12.1. The van der Waals surface area contributed by atoms with Crippen molar-refractivity contribution in [1.82, 2.24) is 10.2 Å². The van der Waals surface area contributed by atoms with E-state index in [1.165, 1.54) is 5.56 Å². The van der Waals surface area contributed by atoms with E-state index in [4.69, 9.17) is 0 Å². The lowest BCUT2D eigenvalue weighted by Crippen LogP contribution is -2.27. The predicted molar refractivity (Wildman–Crippen MR) is 78.0 cm³/mol. The molecule has 0 spiro atoms. The Balaban J connectivity index is 1.93. The molecular weight excluding hydrogens is 238 g/mol. The normalized spacial score (nSPS) is 22.7. The van der Waals surface area contributed by atoms with E-state index in [0.717, 1.165) is 25.3 Å². The Morgan fingerprint density at radius 2 is 2.00 bits per heavy atom. The van der Waals surface area contributed by atoms with E-state index in [1.54, 1.807) is 0 Å². The molecule has 1 aliphatic rings. The molecule has 1 heterocycles. The van der Waals surface area contributed by atoms with Crippen LogP contribution < -0.4 is 10.6 Å². The van der Waals surface area contributed by atoms with Crippen molar-refractivity contribution in [2.75, 3.05) is 32.5 Å². The van der Waals surface area contributed by atoms with Gasteiger partial charge in [-0.15, -0.1) is 0 Å². The molecule has 0 radical (unpaired) electrons. The second kappa shape index (κ2) is 6.17. The second-order valence-corrected chi connectivity index (χ2v) is 5.67. The van der Waals surface area contributed by atoms with Crippen LogP contribution in [0.1, 0.15) is 12.5 Å². The minimum atomic E-state index is 0.0847. The summed E-state index contributed by atoms with van der Waals surface area (Å²) >= 11 is 0. The van der Waals surface area contributed by atoms with Crippen molar-refractivity contribution < 1.29 is 4.79 Å². The van der Waals surface area contributed by atoms with Crippen LogP contribution in [0, 0.1) is 11.8 Å². The van der Waals surface area contributed by atoms with Crippen molar-refractivity contribution in [2.45, 2.75) is 13.5 Å². The molecule has 1 aromatic rings. The van der Waals surface area contributed by atoms with Crippen molar-refractivity contribution in [3.05, 3.63) is 29.8 Å². The lowest BCUT2D eigenvalue weighted by atomic mass is 9.97. The highest BCUT2D eigenvalue weighted by atomic mass is 16.1. The van der Waals surface area contributed by atoms with Crippen LogP contribution in [0.15, 0.2) is 24.3 Å². The highest BCUT2D eigenvalue weighted by Crippen LogP contribution is 2.19. The summed E-state index contributed by atoms with van der Waals surface area (Å²) in [5, 5.41) is 6.26. The Labute approximate surface area is 115 Å². The summed E-state index contributed by atoms with van der Waals surface area (Å²) in [7, 11) is 4.09. The Morgan fingerprint density at radius 3 is 2.53 bits per heavy atom. The standard InChI is InChI=1S/C15H23N3O/c1-11-8-16-9-14(11)15(19)17-13-6-4-12(5-7-13)10-18(2)3/h4-7,11,14,16H,8-10H2,1-3H3,(H,17,19). The molecule has 0 aliphatic carbocycles. The van der Waals surface area contributed by atoms with Gasteiger partial charge in [0.2, 0.25) is 5.91 Å². The molecule has 0 saturated carbocycles. The predicted octanol–water partition coefficient (Wildman–Crippen LogP) is 1.54. The van der Waals surface area contributed by atoms with Gasteiger partial charge in [0.05, 0.1) is 5.92 Å². The summed E-state index contributed by atoms with van der Waals surface area (Å²) in [5.74, 6) is 0.618. The molecule has 1 saturated heterocycles. The van der Waals surface area contributed by atoms with E-state index in [0.29, 0.717) is 5.92 Å². The van der Waals surface area contributed by atoms with Crippen molar-refractivity contribution in [2.24, 2.45) is 11.8 Å². The van der Waals surface area contributed by atoms with Crippen LogP contribution in [-0.4, -0.2) is 38.0 Å². The molecule has 1 aliphatic heterocycles. The summed E-state index contributed by atoms with van der Waals surface area (Å²) in [6.07, 6.45) is 0. The molecule has 2 atom stereocenters. The number of rotatable bonds is 4. The molecule has 4 heteroatoms. The Kier molecular flexibility index (Phi) is 4.56. The summed E-state index contributed by atoms with van der Waals surface area (Å²) in [4.78, 5) is 14.3. The van der Waals surface area contributed by atoms with Crippen molar-refractivity contribution in [3.8, 4) is 0 Å². The second-order valence-electron chi connectivity index (χ2n) is 5.67. The molecule has 2 N–H and O–H groups in total.